The first-order valence-electron chi connectivity index (χ1n) is 7.67. The Labute approximate surface area is 160 Å². The van der Waals surface area contributed by atoms with Gasteiger partial charge in [-0.3, -0.25) is 9.59 Å². The van der Waals surface area contributed by atoms with Gasteiger partial charge in [0.25, 0.3) is 0 Å². The van der Waals surface area contributed by atoms with Gasteiger partial charge in [-0.25, -0.2) is 0 Å². The van der Waals surface area contributed by atoms with Crippen LogP contribution in [0.1, 0.15) is 12.0 Å². The molecule has 0 spiro atoms. The minimum Gasteiger partial charge on any atom is -0.325 e. The van der Waals surface area contributed by atoms with Crippen LogP contribution in [0.4, 0.5) is 11.4 Å². The Balaban J connectivity index is 1.77. The Morgan fingerprint density at radius 1 is 1.12 bits per heavy atom. The van der Waals surface area contributed by atoms with E-state index in [0.717, 1.165) is 5.56 Å². The van der Waals surface area contributed by atoms with Gasteiger partial charge >= 0.3 is 0 Å². The number of hydrogen-bond donors (Lipinski definition) is 1. The number of anilines is 2. The molecule has 1 heterocycles. The molecule has 7 heteroatoms. The van der Waals surface area contributed by atoms with Gasteiger partial charge in [-0.1, -0.05) is 40.9 Å². The van der Waals surface area contributed by atoms with Gasteiger partial charge in [-0.2, -0.15) is 0 Å². The third-order valence-corrected chi connectivity index (χ3v) is 4.94. The predicted octanol–water partition coefficient (Wildman–Crippen LogP) is 4.95. The van der Waals surface area contributed by atoms with Crippen LogP contribution in [0.15, 0.2) is 36.4 Å². The molecule has 1 saturated heterocycles. The summed E-state index contributed by atoms with van der Waals surface area (Å²) < 4.78 is 0. The van der Waals surface area contributed by atoms with Crippen LogP contribution in [0.3, 0.4) is 0 Å². The van der Waals surface area contributed by atoms with Crippen molar-refractivity contribution >= 4 is 58.0 Å². The fraction of sp³-hybridized carbons (Fsp3) is 0.222. The molecule has 1 N–H and O–H groups in total. The average molecular weight is 398 g/mol. The van der Waals surface area contributed by atoms with Crippen molar-refractivity contribution in [3.63, 3.8) is 0 Å². The molecule has 1 unspecified atom stereocenters. The smallest absolute Gasteiger partial charge is 0.229 e. The number of carbonyl (C=O) groups excluding carboxylic acids is 2. The molecule has 25 heavy (non-hydrogen) atoms. The van der Waals surface area contributed by atoms with Crippen LogP contribution in [0.5, 0.6) is 0 Å². The molecule has 1 aliphatic heterocycles. The Kier molecular flexibility index (Phi) is 5.23. The minimum atomic E-state index is -0.471. The summed E-state index contributed by atoms with van der Waals surface area (Å²) in [6.07, 6.45) is 0.119. The summed E-state index contributed by atoms with van der Waals surface area (Å²) in [4.78, 5) is 26.4. The van der Waals surface area contributed by atoms with Crippen molar-refractivity contribution in [1.82, 2.24) is 0 Å². The first-order chi connectivity index (χ1) is 11.8. The maximum atomic E-state index is 12.6. The van der Waals surface area contributed by atoms with Crippen LogP contribution >= 0.6 is 34.8 Å². The van der Waals surface area contributed by atoms with Crippen molar-refractivity contribution in [2.45, 2.75) is 13.3 Å². The van der Waals surface area contributed by atoms with Gasteiger partial charge in [0.1, 0.15) is 0 Å². The Morgan fingerprint density at radius 2 is 1.80 bits per heavy atom. The van der Waals surface area contributed by atoms with E-state index in [4.69, 9.17) is 34.8 Å². The molecular weight excluding hydrogens is 383 g/mol. The van der Waals surface area contributed by atoms with E-state index in [1.807, 2.05) is 13.0 Å². The van der Waals surface area contributed by atoms with E-state index in [-0.39, 0.29) is 24.8 Å². The lowest BCUT2D eigenvalue weighted by atomic mass is 10.1. The molecule has 1 aliphatic rings. The van der Waals surface area contributed by atoms with E-state index in [1.54, 1.807) is 30.3 Å². The van der Waals surface area contributed by atoms with Crippen molar-refractivity contribution in [1.29, 1.82) is 0 Å². The molecule has 2 aromatic rings. The topological polar surface area (TPSA) is 49.4 Å². The Morgan fingerprint density at radius 3 is 2.56 bits per heavy atom. The highest BCUT2D eigenvalue weighted by atomic mass is 35.5. The monoisotopic (exact) mass is 396 g/mol. The third-order valence-electron chi connectivity index (χ3n) is 4.15. The molecule has 3 rings (SSSR count). The SMILES string of the molecule is Cc1ccc(Cl)cc1NC(=O)C1CC(=O)N(c2cc(Cl)ccc2Cl)C1. The lowest BCUT2D eigenvalue weighted by molar-refractivity contribution is -0.122. The van der Waals surface area contributed by atoms with Crippen LogP contribution in [-0.2, 0) is 9.59 Å². The molecule has 130 valence electrons. The molecule has 1 fully saturated rings. The first kappa shape index (κ1) is 18.1. The summed E-state index contributed by atoms with van der Waals surface area (Å²) in [6, 6.07) is 10.2. The van der Waals surface area contributed by atoms with Crippen LogP contribution in [0.2, 0.25) is 15.1 Å². The molecule has 0 aromatic heterocycles. The molecule has 2 aromatic carbocycles. The Hall–Kier alpha value is -1.75. The second-order valence-corrected chi connectivity index (χ2v) is 7.23. The van der Waals surface area contributed by atoms with Gasteiger partial charge in [0.2, 0.25) is 11.8 Å². The minimum absolute atomic E-state index is 0.119. The highest BCUT2D eigenvalue weighted by Gasteiger charge is 2.36. The fourth-order valence-electron chi connectivity index (χ4n) is 2.77. The zero-order valence-corrected chi connectivity index (χ0v) is 15.6. The van der Waals surface area contributed by atoms with Crippen molar-refractivity contribution in [3.05, 3.63) is 57.0 Å². The van der Waals surface area contributed by atoms with Gasteiger partial charge in [0.15, 0.2) is 0 Å². The zero-order chi connectivity index (χ0) is 18.1. The van der Waals surface area contributed by atoms with E-state index in [1.165, 1.54) is 4.90 Å². The summed E-state index contributed by atoms with van der Waals surface area (Å²) in [6.45, 7) is 2.13. The molecule has 0 saturated carbocycles. The number of nitrogens with zero attached hydrogens (tertiary/aromatic N) is 1. The van der Waals surface area contributed by atoms with Crippen molar-refractivity contribution in [2.24, 2.45) is 5.92 Å². The molecule has 4 nitrogen and oxygen atoms in total. The third kappa shape index (κ3) is 3.92. The van der Waals surface area contributed by atoms with Crippen molar-refractivity contribution < 1.29 is 9.59 Å². The number of halogens is 3. The highest BCUT2D eigenvalue weighted by Crippen LogP contribution is 2.34. The van der Waals surface area contributed by atoms with Gasteiger partial charge in [0, 0.05) is 28.7 Å². The molecule has 0 bridgehead atoms. The lowest BCUT2D eigenvalue weighted by Gasteiger charge is -2.18. The van der Waals surface area contributed by atoms with Crippen molar-refractivity contribution in [2.75, 3.05) is 16.8 Å². The number of carbonyl (C=O) groups is 2. The number of rotatable bonds is 3. The molecule has 0 radical (unpaired) electrons. The molecule has 2 amide bonds. The lowest BCUT2D eigenvalue weighted by Crippen LogP contribution is -2.28. The van der Waals surface area contributed by atoms with E-state index < -0.39 is 5.92 Å². The maximum absolute atomic E-state index is 12.6. The van der Waals surface area contributed by atoms with Crippen molar-refractivity contribution in [3.8, 4) is 0 Å². The van der Waals surface area contributed by atoms with Gasteiger partial charge < -0.3 is 10.2 Å². The van der Waals surface area contributed by atoms with Crippen LogP contribution in [0.25, 0.3) is 0 Å². The summed E-state index contributed by atoms with van der Waals surface area (Å²) in [5, 5.41) is 4.29. The van der Waals surface area contributed by atoms with Crippen LogP contribution in [0, 0.1) is 12.8 Å². The summed E-state index contributed by atoms with van der Waals surface area (Å²) in [5.74, 6) is -0.854. The molecule has 1 atom stereocenters. The summed E-state index contributed by atoms with van der Waals surface area (Å²) >= 11 is 18.1. The second-order valence-electron chi connectivity index (χ2n) is 5.95. The number of benzene rings is 2. The van der Waals surface area contributed by atoms with Gasteiger partial charge in [-0.15, -0.1) is 0 Å². The van der Waals surface area contributed by atoms with E-state index in [0.29, 0.717) is 26.4 Å². The fourth-order valence-corrected chi connectivity index (χ4v) is 3.33. The number of amides is 2. The van der Waals surface area contributed by atoms with Gasteiger partial charge in [0.05, 0.1) is 16.6 Å². The second kappa shape index (κ2) is 7.24. The summed E-state index contributed by atoms with van der Waals surface area (Å²) in [7, 11) is 0. The average Bonchev–Trinajstić information content (AvgIpc) is 2.95. The van der Waals surface area contributed by atoms with E-state index >= 15 is 0 Å². The Bertz CT molecular complexity index is 854. The van der Waals surface area contributed by atoms with Crippen LogP contribution in [-0.4, -0.2) is 18.4 Å². The maximum Gasteiger partial charge on any atom is 0.229 e. The summed E-state index contributed by atoms with van der Waals surface area (Å²) in [5.41, 5.74) is 2.06. The molecular formula is C18H15Cl3N2O2. The quantitative estimate of drug-likeness (QED) is 0.797. The molecule has 0 aliphatic carbocycles. The number of aryl methyl sites for hydroxylation is 1. The normalized spacial score (nSPS) is 17.0. The van der Waals surface area contributed by atoms with Crippen LogP contribution < -0.4 is 10.2 Å². The number of nitrogens with one attached hydrogen (secondary N) is 1. The number of hydrogen-bond acceptors (Lipinski definition) is 2. The standard InChI is InChI=1S/C18H15Cl3N2O2/c1-10-2-3-12(19)7-15(10)22-18(25)11-6-17(24)23(9-11)16-8-13(20)4-5-14(16)21/h2-5,7-8,11H,6,9H2,1H3,(H,22,25). The largest absolute Gasteiger partial charge is 0.325 e. The first-order valence-corrected chi connectivity index (χ1v) is 8.81. The zero-order valence-electron chi connectivity index (χ0n) is 13.4. The predicted molar refractivity (Wildman–Crippen MR) is 102 cm³/mol. The van der Waals surface area contributed by atoms with Gasteiger partial charge in [-0.05, 0) is 42.8 Å². The van der Waals surface area contributed by atoms with E-state index in [2.05, 4.69) is 5.32 Å². The van der Waals surface area contributed by atoms with E-state index in [9.17, 15) is 9.59 Å². The highest BCUT2D eigenvalue weighted by molar-refractivity contribution is 6.36.